The number of ether oxygens (including phenoxy) is 2. The second-order valence-corrected chi connectivity index (χ2v) is 8.79. The number of amides is 2. The van der Waals surface area contributed by atoms with Gasteiger partial charge in [0.15, 0.2) is 0 Å². The number of benzene rings is 2. The van der Waals surface area contributed by atoms with Crippen molar-refractivity contribution in [3.8, 4) is 11.1 Å². The van der Waals surface area contributed by atoms with E-state index in [9.17, 15) is 19.5 Å². The third kappa shape index (κ3) is 4.71. The number of hydrogen-bond acceptors (Lipinski definition) is 5. The number of rotatable bonds is 7. The number of hydrogen-bond donors (Lipinski definition) is 3. The van der Waals surface area contributed by atoms with Crippen LogP contribution < -0.4 is 10.6 Å². The summed E-state index contributed by atoms with van der Waals surface area (Å²) in [6.45, 7) is 3.91. The van der Waals surface area contributed by atoms with Crippen LogP contribution in [-0.2, 0) is 19.1 Å². The van der Waals surface area contributed by atoms with E-state index >= 15 is 0 Å². The minimum absolute atomic E-state index is 0.0480. The normalized spacial score (nSPS) is 20.1. The number of alkyl carbamates (subject to hydrolysis) is 1. The highest BCUT2D eigenvalue weighted by atomic mass is 16.5. The number of aliphatic carboxylic acids is 1. The van der Waals surface area contributed by atoms with Gasteiger partial charge in [0.2, 0.25) is 5.91 Å². The maximum absolute atomic E-state index is 12.8. The van der Waals surface area contributed by atoms with Crippen LogP contribution in [0.1, 0.15) is 30.9 Å². The second kappa shape index (κ2) is 9.62. The smallest absolute Gasteiger partial charge is 0.407 e. The first kappa shape index (κ1) is 22.8. The highest BCUT2D eigenvalue weighted by molar-refractivity contribution is 5.87. The van der Waals surface area contributed by atoms with Crippen molar-refractivity contribution >= 4 is 18.0 Å². The van der Waals surface area contributed by atoms with Crippen molar-refractivity contribution in [2.75, 3.05) is 19.8 Å². The van der Waals surface area contributed by atoms with Gasteiger partial charge in [-0.05, 0) is 28.2 Å². The largest absolute Gasteiger partial charge is 0.481 e. The number of carboxylic acids is 1. The van der Waals surface area contributed by atoms with E-state index in [1.807, 2.05) is 36.4 Å². The van der Waals surface area contributed by atoms with Crippen LogP contribution in [0.2, 0.25) is 0 Å². The van der Waals surface area contributed by atoms with Gasteiger partial charge in [-0.1, -0.05) is 62.4 Å². The molecule has 2 amide bonds. The molecule has 2 unspecified atom stereocenters. The van der Waals surface area contributed by atoms with E-state index in [1.165, 1.54) is 0 Å². The van der Waals surface area contributed by atoms with Gasteiger partial charge in [-0.2, -0.15) is 0 Å². The summed E-state index contributed by atoms with van der Waals surface area (Å²) in [4.78, 5) is 36.8. The molecule has 0 bridgehead atoms. The van der Waals surface area contributed by atoms with Crippen LogP contribution in [0.25, 0.3) is 11.1 Å². The lowest BCUT2D eigenvalue weighted by Crippen LogP contribution is -2.54. The van der Waals surface area contributed by atoms with Crippen LogP contribution >= 0.6 is 0 Å². The molecule has 0 radical (unpaired) electrons. The standard InChI is InChI=1S/C25H28N2O6/c1-14(2)22(23(28)26-21-13-32-11-20(21)24(29)30)27-25(31)33-12-19-17-9-5-3-7-15(17)16-8-4-6-10-18(16)19/h3-10,14,19-22H,11-13H2,1-2H3,(H,26,28)(H,27,31)(H,29,30)/t20?,21?,22-/m1/s1. The SMILES string of the molecule is CC(C)[C@@H](NC(=O)OCC1c2ccccc2-c2ccccc21)C(=O)NC1COCC1C(=O)O. The minimum atomic E-state index is -1.02. The average Bonchev–Trinajstić information content (AvgIpc) is 3.38. The van der Waals surface area contributed by atoms with E-state index < -0.39 is 36.0 Å². The molecule has 0 aromatic heterocycles. The zero-order valence-corrected chi connectivity index (χ0v) is 18.6. The average molecular weight is 453 g/mol. The molecule has 2 aromatic carbocycles. The van der Waals surface area contributed by atoms with Crippen molar-refractivity contribution in [3.05, 3.63) is 59.7 Å². The van der Waals surface area contributed by atoms with Crippen molar-refractivity contribution in [1.29, 1.82) is 0 Å². The Morgan fingerprint density at radius 2 is 1.64 bits per heavy atom. The van der Waals surface area contributed by atoms with Crippen LogP contribution in [0.15, 0.2) is 48.5 Å². The molecule has 8 heteroatoms. The molecule has 0 spiro atoms. The molecule has 1 aliphatic carbocycles. The molecule has 3 atom stereocenters. The van der Waals surface area contributed by atoms with Gasteiger partial charge in [-0.15, -0.1) is 0 Å². The Bertz CT molecular complexity index is 1010. The fourth-order valence-electron chi connectivity index (χ4n) is 4.51. The lowest BCUT2D eigenvalue weighted by Gasteiger charge is -2.24. The maximum atomic E-state index is 12.8. The van der Waals surface area contributed by atoms with Crippen LogP contribution in [-0.4, -0.2) is 55.0 Å². The van der Waals surface area contributed by atoms with E-state index in [4.69, 9.17) is 9.47 Å². The van der Waals surface area contributed by atoms with Gasteiger partial charge in [-0.25, -0.2) is 4.79 Å². The Morgan fingerprint density at radius 3 is 2.21 bits per heavy atom. The van der Waals surface area contributed by atoms with Gasteiger partial charge in [0, 0.05) is 5.92 Å². The fourth-order valence-corrected chi connectivity index (χ4v) is 4.51. The number of carboxylic acid groups (broad SMARTS) is 1. The summed E-state index contributed by atoms with van der Waals surface area (Å²) < 4.78 is 10.7. The molecule has 174 valence electrons. The highest BCUT2D eigenvalue weighted by Gasteiger charge is 2.37. The molecule has 0 saturated carbocycles. The van der Waals surface area contributed by atoms with Crippen molar-refractivity contribution in [2.45, 2.75) is 31.8 Å². The third-order valence-electron chi connectivity index (χ3n) is 6.29. The Hall–Kier alpha value is -3.39. The predicted molar refractivity (Wildman–Crippen MR) is 121 cm³/mol. The summed E-state index contributed by atoms with van der Waals surface area (Å²) in [6, 6.07) is 14.6. The van der Waals surface area contributed by atoms with Gasteiger partial charge in [0.25, 0.3) is 0 Å². The third-order valence-corrected chi connectivity index (χ3v) is 6.29. The van der Waals surface area contributed by atoms with Crippen LogP contribution in [0.3, 0.4) is 0 Å². The quantitative estimate of drug-likeness (QED) is 0.595. The molecule has 4 rings (SSSR count). The molecule has 3 N–H and O–H groups in total. The predicted octanol–water partition coefficient (Wildman–Crippen LogP) is 2.77. The lowest BCUT2D eigenvalue weighted by atomic mass is 9.98. The zero-order chi connectivity index (χ0) is 23.5. The van der Waals surface area contributed by atoms with E-state index in [2.05, 4.69) is 22.8 Å². The first-order valence-electron chi connectivity index (χ1n) is 11.1. The Balaban J connectivity index is 1.39. The molecular formula is C25H28N2O6. The Labute approximate surface area is 192 Å². The van der Waals surface area contributed by atoms with E-state index in [1.54, 1.807) is 13.8 Å². The maximum Gasteiger partial charge on any atom is 0.407 e. The molecule has 1 aliphatic heterocycles. The molecule has 8 nitrogen and oxygen atoms in total. The van der Waals surface area contributed by atoms with Gasteiger partial charge >= 0.3 is 12.1 Å². The van der Waals surface area contributed by atoms with Gasteiger partial charge in [0.1, 0.15) is 18.6 Å². The molecule has 1 fully saturated rings. The summed E-state index contributed by atoms with van der Waals surface area (Å²) >= 11 is 0. The Kier molecular flexibility index (Phi) is 6.65. The number of fused-ring (bicyclic) bond motifs is 3. The van der Waals surface area contributed by atoms with E-state index in [0.29, 0.717) is 0 Å². The molecule has 33 heavy (non-hydrogen) atoms. The highest BCUT2D eigenvalue weighted by Crippen LogP contribution is 2.44. The van der Waals surface area contributed by atoms with E-state index in [-0.39, 0.29) is 31.7 Å². The second-order valence-electron chi connectivity index (χ2n) is 8.79. The van der Waals surface area contributed by atoms with Crippen molar-refractivity contribution in [3.63, 3.8) is 0 Å². The van der Waals surface area contributed by atoms with Crippen LogP contribution in [0, 0.1) is 11.8 Å². The number of carbonyl (C=O) groups is 3. The van der Waals surface area contributed by atoms with Gasteiger partial charge < -0.3 is 25.2 Å². The van der Waals surface area contributed by atoms with Crippen LogP contribution in [0.5, 0.6) is 0 Å². The molecule has 2 aromatic rings. The van der Waals surface area contributed by atoms with Crippen molar-refractivity contribution in [1.82, 2.24) is 10.6 Å². The number of nitrogens with one attached hydrogen (secondary N) is 2. The topological polar surface area (TPSA) is 114 Å². The first-order valence-corrected chi connectivity index (χ1v) is 11.1. The van der Waals surface area contributed by atoms with Crippen LogP contribution in [0.4, 0.5) is 4.79 Å². The van der Waals surface area contributed by atoms with E-state index in [0.717, 1.165) is 22.3 Å². The lowest BCUT2D eigenvalue weighted by molar-refractivity contribution is -0.142. The Morgan fingerprint density at radius 1 is 1.03 bits per heavy atom. The first-order chi connectivity index (χ1) is 15.9. The fraction of sp³-hybridized carbons (Fsp3) is 0.400. The minimum Gasteiger partial charge on any atom is -0.481 e. The monoisotopic (exact) mass is 452 g/mol. The van der Waals surface area contributed by atoms with Crippen molar-refractivity contribution in [2.24, 2.45) is 11.8 Å². The van der Waals surface area contributed by atoms with Crippen molar-refractivity contribution < 1.29 is 29.0 Å². The summed E-state index contributed by atoms with van der Waals surface area (Å²) in [6.07, 6.45) is -0.692. The zero-order valence-electron chi connectivity index (χ0n) is 18.6. The molecule has 2 aliphatic rings. The summed E-state index contributed by atoms with van der Waals surface area (Å²) in [5.74, 6) is -2.60. The molecule has 1 heterocycles. The summed E-state index contributed by atoms with van der Waals surface area (Å²) in [7, 11) is 0. The number of carbonyl (C=O) groups excluding carboxylic acids is 2. The summed E-state index contributed by atoms with van der Waals surface area (Å²) in [5, 5.41) is 14.6. The molecule has 1 saturated heterocycles. The van der Waals surface area contributed by atoms with Gasteiger partial charge in [-0.3, -0.25) is 9.59 Å². The summed E-state index contributed by atoms with van der Waals surface area (Å²) in [5.41, 5.74) is 4.47. The molecular weight excluding hydrogens is 424 g/mol. The van der Waals surface area contributed by atoms with Gasteiger partial charge in [0.05, 0.1) is 19.3 Å².